The number of hydrogen-bond donors (Lipinski definition) is 1. The maximum atomic E-state index is 14.3. The van der Waals surface area contributed by atoms with Crippen molar-refractivity contribution in [1.29, 1.82) is 0 Å². The maximum Gasteiger partial charge on any atom is 0.141 e. The molecule has 2 rings (SSSR count). The third-order valence-corrected chi connectivity index (χ3v) is 3.16. The summed E-state index contributed by atoms with van der Waals surface area (Å²) in [4.78, 5) is 4.06. The molecule has 0 bridgehead atoms. The Morgan fingerprint density at radius 3 is 2.62 bits per heavy atom. The quantitative estimate of drug-likeness (QED) is 0.885. The van der Waals surface area contributed by atoms with Gasteiger partial charge in [0.2, 0.25) is 0 Å². The fourth-order valence-corrected chi connectivity index (χ4v) is 2.09. The average molecular weight is 292 g/mol. The molecule has 0 fully saturated rings. The van der Waals surface area contributed by atoms with Gasteiger partial charge in [0.15, 0.2) is 0 Å². The van der Waals surface area contributed by atoms with Crippen molar-refractivity contribution in [3.05, 3.63) is 59.4 Å². The molecule has 0 aliphatic carbocycles. The van der Waals surface area contributed by atoms with Crippen molar-refractivity contribution in [3.8, 4) is 5.75 Å². The average Bonchev–Trinajstić information content (AvgIpc) is 2.50. The molecule has 3 nitrogen and oxygen atoms in total. The van der Waals surface area contributed by atoms with Gasteiger partial charge in [0.25, 0.3) is 0 Å². The van der Waals surface area contributed by atoms with E-state index in [4.69, 9.17) is 4.74 Å². The molecule has 1 aromatic carbocycles. The van der Waals surface area contributed by atoms with Crippen molar-refractivity contribution in [3.63, 3.8) is 0 Å². The third-order valence-electron chi connectivity index (χ3n) is 3.16. The lowest BCUT2D eigenvalue weighted by molar-refractivity contribution is 0.409. The highest BCUT2D eigenvalue weighted by molar-refractivity contribution is 5.34. The Kier molecular flexibility index (Phi) is 5.22. The van der Waals surface area contributed by atoms with Gasteiger partial charge in [0.1, 0.15) is 17.4 Å². The van der Waals surface area contributed by atoms with Crippen LogP contribution in [0.25, 0.3) is 0 Å². The lowest BCUT2D eigenvalue weighted by Crippen LogP contribution is -2.25. The zero-order chi connectivity index (χ0) is 15.2. The molecule has 0 saturated carbocycles. The zero-order valence-corrected chi connectivity index (χ0v) is 12.1. The minimum absolute atomic E-state index is 0.380. The Balaban J connectivity index is 2.37. The van der Waals surface area contributed by atoms with E-state index in [2.05, 4.69) is 10.3 Å². The monoisotopic (exact) mass is 292 g/mol. The molecule has 1 heterocycles. The number of nitrogens with one attached hydrogen (secondary N) is 1. The van der Waals surface area contributed by atoms with E-state index in [1.807, 2.05) is 6.92 Å². The van der Waals surface area contributed by atoms with Gasteiger partial charge < -0.3 is 10.1 Å². The first-order valence-corrected chi connectivity index (χ1v) is 6.84. The van der Waals surface area contributed by atoms with Crippen molar-refractivity contribution in [2.45, 2.75) is 19.4 Å². The van der Waals surface area contributed by atoms with E-state index in [1.165, 1.54) is 19.2 Å². The molecule has 0 saturated heterocycles. The summed E-state index contributed by atoms with van der Waals surface area (Å²) < 4.78 is 32.3. The van der Waals surface area contributed by atoms with Crippen LogP contribution in [0.2, 0.25) is 0 Å². The maximum absolute atomic E-state index is 14.3. The second-order valence-electron chi connectivity index (χ2n) is 4.68. The minimum atomic E-state index is -0.420. The first-order chi connectivity index (χ1) is 10.2. The van der Waals surface area contributed by atoms with Crippen molar-refractivity contribution >= 4 is 0 Å². The summed E-state index contributed by atoms with van der Waals surface area (Å²) >= 11 is 0. The van der Waals surface area contributed by atoms with Crippen LogP contribution in [-0.2, 0) is 0 Å². The summed E-state index contributed by atoms with van der Waals surface area (Å²) in [5, 5.41) is 3.23. The molecule has 0 amide bonds. The number of aromatic nitrogens is 1. The summed E-state index contributed by atoms with van der Waals surface area (Å²) in [6, 6.07) is 7.15. The molecular formula is C16H18F2N2O. The van der Waals surface area contributed by atoms with Gasteiger partial charge in [-0.2, -0.15) is 0 Å². The first kappa shape index (κ1) is 15.4. The standard InChI is InChI=1S/C16H18F2N2O/c1-3-8-19-16(15-7-4-11(17)10-20-15)13-6-5-12(21-2)9-14(13)18/h4-7,9-10,16,19H,3,8H2,1-2H3. The normalized spacial score (nSPS) is 12.2. The van der Waals surface area contributed by atoms with E-state index in [-0.39, 0.29) is 5.82 Å². The predicted octanol–water partition coefficient (Wildman–Crippen LogP) is 3.46. The van der Waals surface area contributed by atoms with Crippen LogP contribution in [-0.4, -0.2) is 18.6 Å². The lowest BCUT2D eigenvalue weighted by atomic mass is 10.0. The Morgan fingerprint density at radius 1 is 1.24 bits per heavy atom. The SMILES string of the molecule is CCCNC(c1ccc(F)cn1)c1ccc(OC)cc1F. The van der Waals surface area contributed by atoms with Gasteiger partial charge in [-0.1, -0.05) is 13.0 Å². The number of halogens is 2. The summed E-state index contributed by atoms with van der Waals surface area (Å²) in [6.45, 7) is 2.72. The zero-order valence-electron chi connectivity index (χ0n) is 12.1. The Bertz CT molecular complexity index is 587. The van der Waals surface area contributed by atoms with Crippen molar-refractivity contribution in [2.24, 2.45) is 0 Å². The van der Waals surface area contributed by atoms with Crippen molar-refractivity contribution < 1.29 is 13.5 Å². The van der Waals surface area contributed by atoms with Crippen molar-refractivity contribution in [1.82, 2.24) is 10.3 Å². The molecule has 112 valence electrons. The smallest absolute Gasteiger partial charge is 0.141 e. The number of methoxy groups -OCH3 is 1. The van der Waals surface area contributed by atoms with E-state index in [0.717, 1.165) is 12.6 Å². The molecule has 0 aliphatic rings. The summed E-state index contributed by atoms with van der Waals surface area (Å²) in [5.74, 6) is -0.338. The van der Waals surface area contributed by atoms with Crippen molar-refractivity contribution in [2.75, 3.05) is 13.7 Å². The summed E-state index contributed by atoms with van der Waals surface area (Å²) in [6.07, 6.45) is 2.03. The van der Waals surface area contributed by atoms with E-state index in [9.17, 15) is 8.78 Å². The second-order valence-corrected chi connectivity index (χ2v) is 4.68. The number of ether oxygens (including phenoxy) is 1. The van der Waals surface area contributed by atoms with E-state index >= 15 is 0 Å². The van der Waals surface area contributed by atoms with Crippen LogP contribution in [0.3, 0.4) is 0 Å². The number of hydrogen-bond acceptors (Lipinski definition) is 3. The highest BCUT2D eigenvalue weighted by atomic mass is 19.1. The fraction of sp³-hybridized carbons (Fsp3) is 0.312. The first-order valence-electron chi connectivity index (χ1n) is 6.84. The molecule has 2 aromatic rings. The van der Waals surface area contributed by atoms with Gasteiger partial charge in [-0.05, 0) is 31.2 Å². The molecule has 21 heavy (non-hydrogen) atoms. The molecule has 1 N–H and O–H groups in total. The Hall–Kier alpha value is -2.01. The molecule has 1 atom stereocenters. The molecule has 0 spiro atoms. The van der Waals surface area contributed by atoms with Gasteiger partial charge in [-0.15, -0.1) is 0 Å². The van der Waals surface area contributed by atoms with Gasteiger partial charge >= 0.3 is 0 Å². The van der Waals surface area contributed by atoms with Gasteiger partial charge in [-0.25, -0.2) is 8.78 Å². The van der Waals surface area contributed by atoms with Gasteiger partial charge in [0, 0.05) is 11.6 Å². The number of pyridine rings is 1. The second kappa shape index (κ2) is 7.13. The van der Waals surface area contributed by atoms with Crippen LogP contribution < -0.4 is 10.1 Å². The van der Waals surface area contributed by atoms with Crippen LogP contribution in [0.1, 0.15) is 30.6 Å². The molecular weight excluding hydrogens is 274 g/mol. The van der Waals surface area contributed by atoms with Crippen LogP contribution >= 0.6 is 0 Å². The molecule has 5 heteroatoms. The Morgan fingerprint density at radius 2 is 2.05 bits per heavy atom. The lowest BCUT2D eigenvalue weighted by Gasteiger charge is -2.19. The number of rotatable bonds is 6. The van der Waals surface area contributed by atoms with Gasteiger partial charge in [0.05, 0.1) is 25.0 Å². The highest BCUT2D eigenvalue weighted by Gasteiger charge is 2.19. The van der Waals surface area contributed by atoms with Crippen LogP contribution in [0.5, 0.6) is 5.75 Å². The predicted molar refractivity (Wildman–Crippen MR) is 77.3 cm³/mol. The molecule has 0 aliphatic heterocycles. The van der Waals surface area contributed by atoms with E-state index < -0.39 is 11.9 Å². The van der Waals surface area contributed by atoms with E-state index in [0.29, 0.717) is 23.6 Å². The molecule has 0 radical (unpaired) electrons. The van der Waals surface area contributed by atoms with Gasteiger partial charge in [-0.3, -0.25) is 4.98 Å². The van der Waals surface area contributed by atoms with Crippen LogP contribution in [0.15, 0.2) is 36.5 Å². The molecule has 1 unspecified atom stereocenters. The molecule has 1 aromatic heterocycles. The minimum Gasteiger partial charge on any atom is -0.497 e. The third kappa shape index (κ3) is 3.76. The Labute approximate surface area is 123 Å². The number of nitrogens with zero attached hydrogens (tertiary/aromatic N) is 1. The summed E-state index contributed by atoms with van der Waals surface area (Å²) in [5.41, 5.74) is 1.04. The van der Waals surface area contributed by atoms with E-state index in [1.54, 1.807) is 18.2 Å². The number of benzene rings is 1. The topological polar surface area (TPSA) is 34.2 Å². The fourth-order valence-electron chi connectivity index (χ4n) is 2.09. The summed E-state index contributed by atoms with van der Waals surface area (Å²) in [7, 11) is 1.49. The van der Waals surface area contributed by atoms with Crippen LogP contribution in [0.4, 0.5) is 8.78 Å². The van der Waals surface area contributed by atoms with Crippen LogP contribution in [0, 0.1) is 11.6 Å². The largest absolute Gasteiger partial charge is 0.497 e. The highest BCUT2D eigenvalue weighted by Crippen LogP contribution is 2.26.